The van der Waals surface area contributed by atoms with Gasteiger partial charge in [0.15, 0.2) is 11.6 Å². The monoisotopic (exact) mass is 391 g/mol. The van der Waals surface area contributed by atoms with Crippen LogP contribution >= 0.6 is 0 Å². The van der Waals surface area contributed by atoms with E-state index >= 15 is 0 Å². The Morgan fingerprint density at radius 1 is 1.22 bits per heavy atom. The molecule has 1 heterocycles. The third-order valence-electron chi connectivity index (χ3n) is 3.93. The van der Waals surface area contributed by atoms with Crippen LogP contribution in [0, 0.1) is 12.7 Å². The minimum Gasteiger partial charge on any atom is -0.494 e. The van der Waals surface area contributed by atoms with E-state index in [1.807, 2.05) is 31.2 Å². The smallest absolute Gasteiger partial charge is 0.243 e. The fourth-order valence-corrected chi connectivity index (χ4v) is 3.62. The number of hydrogen-bond donors (Lipinski definition) is 0. The molecule has 3 rings (SSSR count). The summed E-state index contributed by atoms with van der Waals surface area (Å²) in [6.45, 7) is 1.80. The van der Waals surface area contributed by atoms with Crippen LogP contribution in [0.1, 0.15) is 11.5 Å². The van der Waals surface area contributed by atoms with E-state index in [1.54, 1.807) is 0 Å². The van der Waals surface area contributed by atoms with Gasteiger partial charge in [-0.1, -0.05) is 28.9 Å². The van der Waals surface area contributed by atoms with E-state index in [0.29, 0.717) is 5.82 Å². The Hall–Kier alpha value is -2.78. The molecule has 0 spiro atoms. The fourth-order valence-electron chi connectivity index (χ4n) is 2.48. The summed E-state index contributed by atoms with van der Waals surface area (Å²) in [7, 11) is -1.28. The Morgan fingerprint density at radius 3 is 2.67 bits per heavy atom. The van der Waals surface area contributed by atoms with E-state index in [9.17, 15) is 12.8 Å². The average molecular weight is 391 g/mol. The van der Waals surface area contributed by atoms with Gasteiger partial charge in [-0.25, -0.2) is 12.8 Å². The molecule has 0 aliphatic heterocycles. The van der Waals surface area contributed by atoms with Crippen LogP contribution in [0.15, 0.2) is 51.9 Å². The molecule has 142 valence electrons. The number of nitrogens with zero attached hydrogens (tertiary/aromatic N) is 3. The van der Waals surface area contributed by atoms with Crippen molar-refractivity contribution in [2.45, 2.75) is 18.4 Å². The molecule has 3 aromatic rings. The van der Waals surface area contributed by atoms with Crippen LogP contribution < -0.4 is 4.74 Å². The van der Waals surface area contributed by atoms with E-state index in [-0.39, 0.29) is 23.1 Å². The van der Waals surface area contributed by atoms with Gasteiger partial charge in [0.25, 0.3) is 0 Å². The van der Waals surface area contributed by atoms with Gasteiger partial charge in [0.05, 0.1) is 18.6 Å². The zero-order valence-electron chi connectivity index (χ0n) is 15.0. The van der Waals surface area contributed by atoms with Crippen LogP contribution in [0.25, 0.3) is 11.4 Å². The van der Waals surface area contributed by atoms with Gasteiger partial charge in [-0.3, -0.25) is 0 Å². The number of hydrogen-bond acceptors (Lipinski definition) is 6. The van der Waals surface area contributed by atoms with Crippen LogP contribution in [0.4, 0.5) is 4.39 Å². The van der Waals surface area contributed by atoms with Crippen molar-refractivity contribution in [2.75, 3.05) is 14.2 Å². The SMILES string of the molecule is COc1ccc(S(=O)(=O)N(C)Cc2nc(-c3cccc(C)c3)no2)cc1F. The Morgan fingerprint density at radius 2 is 2.00 bits per heavy atom. The summed E-state index contributed by atoms with van der Waals surface area (Å²) in [5, 5.41) is 3.89. The largest absolute Gasteiger partial charge is 0.494 e. The van der Waals surface area contributed by atoms with Crippen molar-refractivity contribution < 1.29 is 22.1 Å². The molecule has 0 saturated heterocycles. The molecule has 27 heavy (non-hydrogen) atoms. The zero-order chi connectivity index (χ0) is 19.6. The van der Waals surface area contributed by atoms with Crippen molar-refractivity contribution in [3.05, 3.63) is 59.7 Å². The maximum atomic E-state index is 13.8. The van der Waals surface area contributed by atoms with E-state index < -0.39 is 15.8 Å². The third-order valence-corrected chi connectivity index (χ3v) is 5.73. The van der Waals surface area contributed by atoms with Crippen LogP contribution in [-0.4, -0.2) is 37.0 Å². The summed E-state index contributed by atoms with van der Waals surface area (Å²) < 4.78 is 50.1. The Kier molecular flexibility index (Phi) is 5.24. The molecule has 0 aliphatic rings. The van der Waals surface area contributed by atoms with Crippen molar-refractivity contribution in [1.82, 2.24) is 14.4 Å². The molecule has 0 N–H and O–H groups in total. The summed E-state index contributed by atoms with van der Waals surface area (Å²) in [6, 6.07) is 11.0. The van der Waals surface area contributed by atoms with E-state index in [0.717, 1.165) is 21.5 Å². The van der Waals surface area contributed by atoms with Crippen LogP contribution in [0.2, 0.25) is 0 Å². The maximum Gasteiger partial charge on any atom is 0.243 e. The van der Waals surface area contributed by atoms with Gasteiger partial charge in [-0.2, -0.15) is 9.29 Å². The molecule has 0 fully saturated rings. The first-order chi connectivity index (χ1) is 12.8. The molecule has 0 unspecified atom stereocenters. The van der Waals surface area contributed by atoms with Crippen molar-refractivity contribution in [1.29, 1.82) is 0 Å². The van der Waals surface area contributed by atoms with Crippen molar-refractivity contribution in [3.8, 4) is 17.1 Å². The van der Waals surface area contributed by atoms with E-state index in [2.05, 4.69) is 10.1 Å². The average Bonchev–Trinajstić information content (AvgIpc) is 3.10. The molecule has 0 aliphatic carbocycles. The predicted octanol–water partition coefficient (Wildman–Crippen LogP) is 3.01. The molecule has 0 bridgehead atoms. The minimum atomic E-state index is -3.94. The van der Waals surface area contributed by atoms with Gasteiger partial charge in [-0.05, 0) is 31.2 Å². The predicted molar refractivity (Wildman–Crippen MR) is 96.1 cm³/mol. The zero-order valence-corrected chi connectivity index (χ0v) is 15.8. The molecule has 7 nitrogen and oxygen atoms in total. The van der Waals surface area contributed by atoms with Gasteiger partial charge in [0, 0.05) is 12.6 Å². The molecular weight excluding hydrogens is 373 g/mol. The number of aryl methyl sites for hydroxylation is 1. The highest BCUT2D eigenvalue weighted by Gasteiger charge is 2.24. The number of aromatic nitrogens is 2. The van der Waals surface area contributed by atoms with Gasteiger partial charge in [0.1, 0.15) is 0 Å². The number of ether oxygens (including phenoxy) is 1. The Balaban J connectivity index is 1.80. The topological polar surface area (TPSA) is 85.5 Å². The van der Waals surface area contributed by atoms with Gasteiger partial charge in [0.2, 0.25) is 21.7 Å². The summed E-state index contributed by atoms with van der Waals surface area (Å²) in [4.78, 5) is 4.04. The molecule has 0 radical (unpaired) electrons. The first kappa shape index (κ1) is 19.0. The second-order valence-electron chi connectivity index (χ2n) is 5.94. The van der Waals surface area contributed by atoms with Gasteiger partial charge >= 0.3 is 0 Å². The van der Waals surface area contributed by atoms with E-state index in [1.165, 1.54) is 26.3 Å². The molecule has 0 saturated carbocycles. The molecule has 2 aromatic carbocycles. The van der Waals surface area contributed by atoms with Crippen molar-refractivity contribution in [2.24, 2.45) is 0 Å². The Bertz CT molecular complexity index is 1070. The highest BCUT2D eigenvalue weighted by atomic mass is 32.2. The number of halogens is 1. The lowest BCUT2D eigenvalue weighted by Crippen LogP contribution is -2.26. The first-order valence-corrected chi connectivity index (χ1v) is 9.45. The lowest BCUT2D eigenvalue weighted by atomic mass is 10.1. The van der Waals surface area contributed by atoms with Crippen LogP contribution in [-0.2, 0) is 16.6 Å². The lowest BCUT2D eigenvalue weighted by molar-refractivity contribution is 0.336. The third kappa shape index (κ3) is 3.99. The second-order valence-corrected chi connectivity index (χ2v) is 7.98. The lowest BCUT2D eigenvalue weighted by Gasteiger charge is -2.15. The summed E-state index contributed by atoms with van der Waals surface area (Å²) in [5.74, 6) is -0.288. The standard InChI is InChI=1S/C18H18FN3O4S/c1-12-5-4-6-13(9-12)18-20-17(26-21-18)11-22(2)27(23,24)14-7-8-16(25-3)15(19)10-14/h4-10H,11H2,1-3H3. The van der Waals surface area contributed by atoms with Crippen LogP contribution in [0.5, 0.6) is 5.75 Å². The van der Waals surface area contributed by atoms with Crippen molar-refractivity contribution >= 4 is 10.0 Å². The first-order valence-electron chi connectivity index (χ1n) is 8.01. The fraction of sp³-hybridized carbons (Fsp3) is 0.222. The molecule has 0 amide bonds. The molecule has 1 aromatic heterocycles. The number of sulfonamides is 1. The van der Waals surface area contributed by atoms with E-state index in [4.69, 9.17) is 9.26 Å². The number of rotatable bonds is 6. The number of benzene rings is 2. The summed E-state index contributed by atoms with van der Waals surface area (Å²) in [5.41, 5.74) is 1.81. The van der Waals surface area contributed by atoms with Crippen molar-refractivity contribution in [3.63, 3.8) is 0 Å². The molecule has 0 atom stereocenters. The Labute approximate surface area is 156 Å². The summed E-state index contributed by atoms with van der Waals surface area (Å²) in [6.07, 6.45) is 0. The van der Waals surface area contributed by atoms with Crippen LogP contribution in [0.3, 0.4) is 0 Å². The molecular formula is C18H18FN3O4S. The van der Waals surface area contributed by atoms with Gasteiger partial charge < -0.3 is 9.26 Å². The summed E-state index contributed by atoms with van der Waals surface area (Å²) >= 11 is 0. The minimum absolute atomic E-state index is 0.0312. The highest BCUT2D eigenvalue weighted by molar-refractivity contribution is 7.89. The molecule has 9 heteroatoms. The number of methoxy groups -OCH3 is 1. The maximum absolute atomic E-state index is 13.8. The second kappa shape index (κ2) is 7.45. The normalized spacial score (nSPS) is 11.7. The van der Waals surface area contributed by atoms with Gasteiger partial charge in [-0.15, -0.1) is 0 Å². The highest BCUT2D eigenvalue weighted by Crippen LogP contribution is 2.24. The quantitative estimate of drug-likeness (QED) is 0.642.